The predicted molar refractivity (Wildman–Crippen MR) is 133 cm³/mol. The van der Waals surface area contributed by atoms with E-state index in [0.29, 0.717) is 35.6 Å². The van der Waals surface area contributed by atoms with E-state index in [1.54, 1.807) is 7.11 Å². The second-order valence-electron chi connectivity index (χ2n) is 8.14. The summed E-state index contributed by atoms with van der Waals surface area (Å²) in [6.07, 6.45) is 0.624. The lowest BCUT2D eigenvalue weighted by Crippen LogP contribution is -2.27. The first-order valence-electron chi connectivity index (χ1n) is 11.4. The second-order valence-corrected chi connectivity index (χ2v) is 8.50. The normalized spacial score (nSPS) is 15.2. The Labute approximate surface area is 208 Å². The Kier molecular flexibility index (Phi) is 7.51. The number of aliphatic carboxylic acids is 1. The van der Waals surface area contributed by atoms with Gasteiger partial charge < -0.3 is 14.6 Å². The molecule has 35 heavy (non-hydrogen) atoms. The van der Waals surface area contributed by atoms with Crippen molar-refractivity contribution in [2.24, 2.45) is 5.10 Å². The van der Waals surface area contributed by atoms with Crippen LogP contribution in [-0.4, -0.2) is 46.4 Å². The van der Waals surface area contributed by atoms with Crippen LogP contribution >= 0.6 is 11.6 Å². The highest BCUT2D eigenvalue weighted by atomic mass is 35.5. The highest BCUT2D eigenvalue weighted by molar-refractivity contribution is 6.30. The van der Waals surface area contributed by atoms with Gasteiger partial charge in [0.2, 0.25) is 5.91 Å². The minimum Gasteiger partial charge on any atom is -0.497 e. The zero-order valence-corrected chi connectivity index (χ0v) is 20.3. The maximum Gasteiger partial charge on any atom is 0.303 e. The van der Waals surface area contributed by atoms with Crippen molar-refractivity contribution in [1.29, 1.82) is 0 Å². The van der Waals surface area contributed by atoms with Crippen molar-refractivity contribution in [3.8, 4) is 11.5 Å². The molecular formula is C26H26ClN3O5. The Morgan fingerprint density at radius 1 is 1.14 bits per heavy atom. The standard InChI is InChI=1S/C26H26ClN3O5/c1-3-35-19-10-11-21-17(13-19)14-20(26(27)28-21)23-15-22(16-6-4-7-18(12-16)34-2)29-30(23)24(31)8-5-9-25(32)33/h4,6-7,10-14,23H,3,5,8-9,15H2,1-2H3,(H,32,33). The van der Waals surface area contributed by atoms with E-state index < -0.39 is 12.0 Å². The number of fused-ring (bicyclic) bond motifs is 1. The number of benzene rings is 2. The Morgan fingerprint density at radius 3 is 2.71 bits per heavy atom. The van der Waals surface area contributed by atoms with Crippen LogP contribution in [0.2, 0.25) is 5.15 Å². The third-order valence-electron chi connectivity index (χ3n) is 5.79. The molecule has 8 nitrogen and oxygen atoms in total. The third-order valence-corrected chi connectivity index (χ3v) is 6.09. The zero-order valence-electron chi connectivity index (χ0n) is 19.5. The van der Waals surface area contributed by atoms with Crippen LogP contribution in [0.25, 0.3) is 10.9 Å². The highest BCUT2D eigenvalue weighted by Crippen LogP contribution is 2.38. The number of carboxylic acid groups (broad SMARTS) is 1. The Balaban J connectivity index is 1.71. The molecule has 0 aliphatic carbocycles. The van der Waals surface area contributed by atoms with Crippen molar-refractivity contribution in [2.45, 2.75) is 38.6 Å². The number of carbonyl (C=O) groups is 2. The van der Waals surface area contributed by atoms with E-state index in [2.05, 4.69) is 10.1 Å². The lowest BCUT2D eigenvalue weighted by molar-refractivity contribution is -0.137. The highest BCUT2D eigenvalue weighted by Gasteiger charge is 2.34. The van der Waals surface area contributed by atoms with Crippen molar-refractivity contribution in [3.63, 3.8) is 0 Å². The SMILES string of the molecule is CCOc1ccc2nc(Cl)c(C3CC(c4cccc(OC)c4)=NN3C(=O)CCCC(=O)O)cc2c1. The summed E-state index contributed by atoms with van der Waals surface area (Å²) < 4.78 is 11.0. The van der Waals surface area contributed by atoms with Crippen LogP contribution in [0.15, 0.2) is 53.6 Å². The van der Waals surface area contributed by atoms with Gasteiger partial charge in [0.15, 0.2) is 0 Å². The quantitative estimate of drug-likeness (QED) is 0.408. The molecular weight excluding hydrogens is 470 g/mol. The molecule has 0 spiro atoms. The number of ether oxygens (including phenoxy) is 2. The molecule has 9 heteroatoms. The van der Waals surface area contributed by atoms with Crippen LogP contribution < -0.4 is 9.47 Å². The summed E-state index contributed by atoms with van der Waals surface area (Å²) in [5.74, 6) is 0.190. The van der Waals surface area contributed by atoms with E-state index in [0.717, 1.165) is 16.7 Å². The fourth-order valence-corrected chi connectivity index (χ4v) is 4.37. The molecule has 0 radical (unpaired) electrons. The van der Waals surface area contributed by atoms with Gasteiger partial charge in [-0.2, -0.15) is 5.10 Å². The van der Waals surface area contributed by atoms with Crippen LogP contribution in [-0.2, 0) is 9.59 Å². The lowest BCUT2D eigenvalue weighted by Gasteiger charge is -2.23. The average molecular weight is 496 g/mol. The van der Waals surface area contributed by atoms with E-state index in [-0.39, 0.29) is 30.3 Å². The minimum absolute atomic E-state index is 0.0603. The number of hydrazone groups is 1. The number of amides is 1. The summed E-state index contributed by atoms with van der Waals surface area (Å²) in [4.78, 5) is 28.6. The van der Waals surface area contributed by atoms with Crippen molar-refractivity contribution < 1.29 is 24.2 Å². The average Bonchev–Trinajstić information content (AvgIpc) is 3.29. The number of nitrogens with zero attached hydrogens (tertiary/aromatic N) is 3. The fraction of sp³-hybridized carbons (Fsp3) is 0.308. The molecule has 1 aliphatic rings. The van der Waals surface area contributed by atoms with Crippen molar-refractivity contribution in [3.05, 3.63) is 64.8 Å². The molecule has 1 unspecified atom stereocenters. The molecule has 0 bridgehead atoms. The molecule has 1 N–H and O–H groups in total. The van der Waals surface area contributed by atoms with Crippen LogP contribution in [0.5, 0.6) is 11.5 Å². The van der Waals surface area contributed by atoms with Gasteiger partial charge in [-0.1, -0.05) is 23.7 Å². The van der Waals surface area contributed by atoms with E-state index in [9.17, 15) is 9.59 Å². The summed E-state index contributed by atoms with van der Waals surface area (Å²) in [7, 11) is 1.59. The summed E-state index contributed by atoms with van der Waals surface area (Å²) >= 11 is 6.61. The van der Waals surface area contributed by atoms with Gasteiger partial charge in [-0.05, 0) is 49.7 Å². The number of pyridine rings is 1. The van der Waals surface area contributed by atoms with Crippen molar-refractivity contribution >= 4 is 40.1 Å². The molecule has 3 aromatic rings. The van der Waals surface area contributed by atoms with Gasteiger partial charge in [-0.15, -0.1) is 0 Å². The van der Waals surface area contributed by atoms with E-state index >= 15 is 0 Å². The van der Waals surface area contributed by atoms with Gasteiger partial charge in [-0.3, -0.25) is 9.59 Å². The number of hydrogen-bond acceptors (Lipinski definition) is 6. The van der Waals surface area contributed by atoms with Crippen LogP contribution in [0, 0.1) is 0 Å². The zero-order chi connectivity index (χ0) is 24.9. The van der Waals surface area contributed by atoms with Gasteiger partial charge in [0.05, 0.1) is 31.0 Å². The number of carboxylic acids is 1. The number of carbonyl (C=O) groups excluding carboxylic acids is 1. The minimum atomic E-state index is -0.941. The van der Waals surface area contributed by atoms with Crippen LogP contribution in [0.3, 0.4) is 0 Å². The Morgan fingerprint density at radius 2 is 1.97 bits per heavy atom. The second kappa shape index (κ2) is 10.7. The van der Waals surface area contributed by atoms with Gasteiger partial charge in [0.1, 0.15) is 16.7 Å². The summed E-state index contributed by atoms with van der Waals surface area (Å²) in [6, 6.07) is 14.5. The molecule has 0 saturated heterocycles. The van der Waals surface area contributed by atoms with Gasteiger partial charge in [-0.25, -0.2) is 9.99 Å². The Hall–Kier alpha value is -3.65. The molecule has 2 aromatic carbocycles. The first kappa shape index (κ1) is 24.5. The molecule has 0 saturated carbocycles. The molecule has 182 valence electrons. The van der Waals surface area contributed by atoms with Crippen LogP contribution in [0.1, 0.15) is 49.8 Å². The van der Waals surface area contributed by atoms with Gasteiger partial charge in [0.25, 0.3) is 0 Å². The molecule has 0 fully saturated rings. The molecule has 1 atom stereocenters. The third kappa shape index (κ3) is 5.54. The smallest absolute Gasteiger partial charge is 0.303 e. The van der Waals surface area contributed by atoms with Crippen molar-refractivity contribution in [1.82, 2.24) is 9.99 Å². The molecule has 1 aromatic heterocycles. The monoisotopic (exact) mass is 495 g/mol. The van der Waals surface area contributed by atoms with Crippen molar-refractivity contribution in [2.75, 3.05) is 13.7 Å². The summed E-state index contributed by atoms with van der Waals surface area (Å²) in [5.41, 5.74) is 2.92. The number of aromatic nitrogens is 1. The number of hydrogen-bond donors (Lipinski definition) is 1. The van der Waals surface area contributed by atoms with Gasteiger partial charge in [0, 0.05) is 35.8 Å². The Bertz CT molecular complexity index is 1290. The summed E-state index contributed by atoms with van der Waals surface area (Å²) in [6.45, 7) is 2.46. The van der Waals surface area contributed by atoms with E-state index in [1.165, 1.54) is 5.01 Å². The largest absolute Gasteiger partial charge is 0.497 e. The summed E-state index contributed by atoms with van der Waals surface area (Å²) in [5, 5.41) is 16.1. The first-order chi connectivity index (χ1) is 16.9. The maximum atomic E-state index is 13.1. The lowest BCUT2D eigenvalue weighted by atomic mass is 9.98. The van der Waals surface area contributed by atoms with Crippen LogP contribution in [0.4, 0.5) is 0 Å². The van der Waals surface area contributed by atoms with E-state index in [1.807, 2.05) is 55.5 Å². The van der Waals surface area contributed by atoms with E-state index in [4.69, 9.17) is 26.2 Å². The maximum absolute atomic E-state index is 13.1. The fourth-order valence-electron chi connectivity index (χ4n) is 4.10. The molecule has 4 rings (SSSR count). The number of methoxy groups -OCH3 is 1. The number of rotatable bonds is 9. The first-order valence-corrected chi connectivity index (χ1v) is 11.8. The topological polar surface area (TPSA) is 101 Å². The van der Waals surface area contributed by atoms with Gasteiger partial charge >= 0.3 is 5.97 Å². The number of halogens is 1. The molecule has 1 aliphatic heterocycles. The molecule has 1 amide bonds. The predicted octanol–water partition coefficient (Wildman–Crippen LogP) is 5.23. The molecule has 2 heterocycles.